The molecule has 1 rings (SSSR count). The zero-order valence-corrected chi connectivity index (χ0v) is 11.0. The van der Waals surface area contributed by atoms with E-state index < -0.39 is 0 Å². The van der Waals surface area contributed by atoms with Gasteiger partial charge in [0.2, 0.25) is 0 Å². The minimum Gasteiger partial charge on any atom is -0.508 e. The Bertz CT molecular complexity index is 305. The van der Waals surface area contributed by atoms with Crippen molar-refractivity contribution >= 4 is 0 Å². The van der Waals surface area contributed by atoms with Gasteiger partial charge in [-0.25, -0.2) is 0 Å². The lowest BCUT2D eigenvalue weighted by Gasteiger charge is -2.23. The molecule has 0 bridgehead atoms. The molecule has 0 spiro atoms. The molecule has 0 saturated carbocycles. The second-order valence-corrected chi connectivity index (χ2v) is 6.08. The Hall–Kier alpha value is -0.980. The van der Waals surface area contributed by atoms with E-state index in [0.29, 0.717) is 11.2 Å². The van der Waals surface area contributed by atoms with Crippen molar-refractivity contribution in [3.63, 3.8) is 0 Å². The van der Waals surface area contributed by atoms with Crippen LogP contribution in [0.25, 0.3) is 0 Å². The summed E-state index contributed by atoms with van der Waals surface area (Å²) in [4.78, 5) is 0. The number of phenolic OH excluding ortho intramolecular Hbond substituents is 1. The van der Waals surface area contributed by atoms with Crippen LogP contribution in [0.4, 0.5) is 0 Å². The van der Waals surface area contributed by atoms with Crippen LogP contribution in [0, 0.1) is 11.3 Å². The highest BCUT2D eigenvalue weighted by Crippen LogP contribution is 2.26. The summed E-state index contributed by atoms with van der Waals surface area (Å²) >= 11 is 0. The van der Waals surface area contributed by atoms with Crippen molar-refractivity contribution in [3.05, 3.63) is 29.8 Å². The maximum Gasteiger partial charge on any atom is 0.115 e. The summed E-state index contributed by atoms with van der Waals surface area (Å²) in [7, 11) is 0. The van der Waals surface area contributed by atoms with Gasteiger partial charge in [-0.1, -0.05) is 39.8 Å². The zero-order chi connectivity index (χ0) is 12.2. The quantitative estimate of drug-likeness (QED) is 0.797. The fourth-order valence-electron chi connectivity index (χ4n) is 2.22. The Morgan fingerprint density at radius 1 is 1.12 bits per heavy atom. The van der Waals surface area contributed by atoms with Crippen LogP contribution in [-0.2, 0) is 6.42 Å². The molecule has 1 nitrogen and oxygen atoms in total. The molecule has 0 fully saturated rings. The maximum absolute atomic E-state index is 9.19. The molecule has 0 amide bonds. The molecule has 0 aromatic heterocycles. The number of phenols is 1. The fourth-order valence-corrected chi connectivity index (χ4v) is 2.22. The lowest BCUT2D eigenvalue weighted by molar-refractivity contribution is 0.297. The highest BCUT2D eigenvalue weighted by atomic mass is 16.3. The smallest absolute Gasteiger partial charge is 0.115 e. The Morgan fingerprint density at radius 2 is 1.69 bits per heavy atom. The van der Waals surface area contributed by atoms with E-state index in [-0.39, 0.29) is 0 Å². The summed E-state index contributed by atoms with van der Waals surface area (Å²) in [6, 6.07) is 7.56. The molecule has 0 saturated heterocycles. The minimum atomic E-state index is 0.353. The molecule has 1 aromatic rings. The Balaban J connectivity index is 2.37. The topological polar surface area (TPSA) is 20.2 Å². The van der Waals surface area contributed by atoms with E-state index in [2.05, 4.69) is 27.7 Å². The molecule has 0 aliphatic carbocycles. The second kappa shape index (κ2) is 5.38. The monoisotopic (exact) mass is 220 g/mol. The van der Waals surface area contributed by atoms with Crippen molar-refractivity contribution in [1.82, 2.24) is 0 Å². The number of aryl methyl sites for hydroxylation is 1. The third-order valence-electron chi connectivity index (χ3n) is 2.82. The van der Waals surface area contributed by atoms with Crippen LogP contribution in [0.3, 0.4) is 0 Å². The number of aromatic hydroxyl groups is 1. The number of benzene rings is 1. The minimum absolute atomic E-state index is 0.353. The van der Waals surface area contributed by atoms with Crippen LogP contribution in [0.15, 0.2) is 24.3 Å². The molecule has 1 heteroatoms. The van der Waals surface area contributed by atoms with E-state index in [9.17, 15) is 5.11 Å². The summed E-state index contributed by atoms with van der Waals surface area (Å²) in [6.07, 6.45) is 3.60. The molecule has 0 heterocycles. The van der Waals surface area contributed by atoms with Crippen LogP contribution >= 0.6 is 0 Å². The Kier molecular flexibility index (Phi) is 4.40. The van der Waals surface area contributed by atoms with Gasteiger partial charge in [0.25, 0.3) is 0 Å². The van der Waals surface area contributed by atoms with Crippen LogP contribution in [0.5, 0.6) is 5.75 Å². The lowest BCUT2D eigenvalue weighted by atomic mass is 9.83. The Morgan fingerprint density at radius 3 is 2.19 bits per heavy atom. The van der Waals surface area contributed by atoms with Gasteiger partial charge in [-0.3, -0.25) is 0 Å². The third-order valence-corrected chi connectivity index (χ3v) is 2.82. The van der Waals surface area contributed by atoms with E-state index in [4.69, 9.17) is 0 Å². The van der Waals surface area contributed by atoms with Gasteiger partial charge in [-0.2, -0.15) is 0 Å². The van der Waals surface area contributed by atoms with Crippen molar-refractivity contribution in [2.75, 3.05) is 0 Å². The number of rotatable bonds is 4. The SMILES string of the molecule is CC(CCc1ccc(O)cc1)CC(C)(C)C. The first kappa shape index (κ1) is 13.1. The summed E-state index contributed by atoms with van der Waals surface area (Å²) in [5, 5.41) is 9.19. The van der Waals surface area contributed by atoms with Crippen molar-refractivity contribution in [1.29, 1.82) is 0 Å². The normalized spacial score (nSPS) is 13.8. The molecule has 0 aliphatic heterocycles. The van der Waals surface area contributed by atoms with Crippen molar-refractivity contribution in [3.8, 4) is 5.75 Å². The van der Waals surface area contributed by atoms with Gasteiger partial charge in [0.15, 0.2) is 0 Å². The first-order valence-electron chi connectivity index (χ1n) is 6.15. The van der Waals surface area contributed by atoms with Gasteiger partial charge in [0.05, 0.1) is 0 Å². The predicted molar refractivity (Wildman–Crippen MR) is 69.7 cm³/mol. The summed E-state index contributed by atoms with van der Waals surface area (Å²) in [5.41, 5.74) is 1.74. The summed E-state index contributed by atoms with van der Waals surface area (Å²) in [5.74, 6) is 1.11. The van der Waals surface area contributed by atoms with E-state index in [1.54, 1.807) is 12.1 Å². The fraction of sp³-hybridized carbons (Fsp3) is 0.600. The summed E-state index contributed by atoms with van der Waals surface area (Å²) in [6.45, 7) is 9.21. The van der Waals surface area contributed by atoms with E-state index in [1.165, 1.54) is 18.4 Å². The van der Waals surface area contributed by atoms with E-state index in [0.717, 1.165) is 12.3 Å². The first-order chi connectivity index (χ1) is 7.37. The van der Waals surface area contributed by atoms with E-state index in [1.807, 2.05) is 12.1 Å². The number of hydrogen-bond donors (Lipinski definition) is 1. The van der Waals surface area contributed by atoms with Gasteiger partial charge in [-0.15, -0.1) is 0 Å². The van der Waals surface area contributed by atoms with Gasteiger partial charge in [-0.05, 0) is 48.3 Å². The zero-order valence-electron chi connectivity index (χ0n) is 11.0. The van der Waals surface area contributed by atoms with Crippen LogP contribution in [0.1, 0.15) is 46.1 Å². The maximum atomic E-state index is 9.19. The van der Waals surface area contributed by atoms with Gasteiger partial charge < -0.3 is 5.11 Å². The predicted octanol–water partition coefficient (Wildman–Crippen LogP) is 4.40. The van der Waals surface area contributed by atoms with Gasteiger partial charge in [0.1, 0.15) is 5.75 Å². The van der Waals surface area contributed by atoms with Crippen molar-refractivity contribution < 1.29 is 5.11 Å². The Labute approximate surface area is 99.5 Å². The van der Waals surface area contributed by atoms with Crippen molar-refractivity contribution in [2.45, 2.75) is 47.0 Å². The molecular weight excluding hydrogens is 196 g/mol. The molecule has 0 aliphatic rings. The van der Waals surface area contributed by atoms with Gasteiger partial charge >= 0.3 is 0 Å². The molecular formula is C15H24O. The van der Waals surface area contributed by atoms with Crippen molar-refractivity contribution in [2.24, 2.45) is 11.3 Å². The molecule has 1 N–H and O–H groups in total. The highest BCUT2D eigenvalue weighted by Gasteiger charge is 2.14. The molecule has 1 atom stereocenters. The molecule has 90 valence electrons. The first-order valence-corrected chi connectivity index (χ1v) is 6.15. The summed E-state index contributed by atoms with van der Waals surface area (Å²) < 4.78 is 0. The van der Waals surface area contributed by atoms with E-state index >= 15 is 0 Å². The molecule has 0 radical (unpaired) electrons. The van der Waals surface area contributed by atoms with Crippen LogP contribution in [-0.4, -0.2) is 5.11 Å². The molecule has 1 unspecified atom stereocenters. The largest absolute Gasteiger partial charge is 0.508 e. The molecule has 1 aromatic carbocycles. The average Bonchev–Trinajstić information content (AvgIpc) is 2.14. The van der Waals surface area contributed by atoms with Crippen LogP contribution in [0.2, 0.25) is 0 Å². The standard InChI is InChI=1S/C15H24O/c1-12(11-15(2,3)4)5-6-13-7-9-14(16)10-8-13/h7-10,12,16H,5-6,11H2,1-4H3. The highest BCUT2D eigenvalue weighted by molar-refractivity contribution is 5.25. The second-order valence-electron chi connectivity index (χ2n) is 6.08. The molecule has 16 heavy (non-hydrogen) atoms. The number of hydrogen-bond acceptors (Lipinski definition) is 1. The van der Waals surface area contributed by atoms with Gasteiger partial charge in [0, 0.05) is 0 Å². The average molecular weight is 220 g/mol. The lowest BCUT2D eigenvalue weighted by Crippen LogP contribution is -2.11. The third kappa shape index (κ3) is 5.20. The van der Waals surface area contributed by atoms with Crippen LogP contribution < -0.4 is 0 Å².